The van der Waals surface area contributed by atoms with Gasteiger partial charge >= 0.3 is 5.56 Å². The standard InChI is InChI=1S/C3H4N2O3/c6-3-2(4-7)1-8-5-3/h1,4,7H,(H,5,6). The predicted molar refractivity (Wildman–Crippen MR) is 24.7 cm³/mol. The monoisotopic (exact) mass is 116 g/mol. The van der Waals surface area contributed by atoms with E-state index in [0.29, 0.717) is 0 Å². The van der Waals surface area contributed by atoms with Gasteiger partial charge in [0, 0.05) is 0 Å². The van der Waals surface area contributed by atoms with Gasteiger partial charge in [-0.3, -0.25) is 15.5 Å². The van der Waals surface area contributed by atoms with Crippen molar-refractivity contribution in [2.45, 2.75) is 0 Å². The summed E-state index contributed by atoms with van der Waals surface area (Å²) in [4.78, 5) is 10.3. The van der Waals surface area contributed by atoms with Gasteiger partial charge in [-0.05, 0) is 0 Å². The highest BCUT2D eigenvalue weighted by Gasteiger charge is 1.95. The molecule has 0 radical (unpaired) electrons. The molecule has 5 heteroatoms. The highest BCUT2D eigenvalue weighted by atomic mass is 16.5. The van der Waals surface area contributed by atoms with Crippen LogP contribution >= 0.6 is 0 Å². The van der Waals surface area contributed by atoms with E-state index in [0.717, 1.165) is 6.26 Å². The summed E-state index contributed by atoms with van der Waals surface area (Å²) in [6, 6.07) is 0. The first-order valence-corrected chi connectivity index (χ1v) is 1.91. The molecule has 0 unspecified atom stereocenters. The molecule has 1 aromatic heterocycles. The molecule has 1 aromatic rings. The van der Waals surface area contributed by atoms with Gasteiger partial charge in [0.2, 0.25) is 0 Å². The van der Waals surface area contributed by atoms with Crippen molar-refractivity contribution in [3.05, 3.63) is 16.6 Å². The van der Waals surface area contributed by atoms with Crippen molar-refractivity contribution >= 4 is 5.69 Å². The molecule has 3 N–H and O–H groups in total. The van der Waals surface area contributed by atoms with Crippen molar-refractivity contribution < 1.29 is 9.73 Å². The fraction of sp³-hybridized carbons (Fsp3) is 0. The molecule has 0 saturated carbocycles. The lowest BCUT2D eigenvalue weighted by Gasteiger charge is -1.81. The van der Waals surface area contributed by atoms with Crippen LogP contribution in [-0.4, -0.2) is 10.4 Å². The van der Waals surface area contributed by atoms with Crippen molar-refractivity contribution in [2.75, 3.05) is 5.48 Å². The highest BCUT2D eigenvalue weighted by Crippen LogP contribution is 1.91. The van der Waals surface area contributed by atoms with E-state index in [1.807, 2.05) is 5.16 Å². The highest BCUT2D eigenvalue weighted by molar-refractivity contribution is 5.32. The number of aromatic nitrogens is 1. The minimum atomic E-state index is -0.479. The van der Waals surface area contributed by atoms with Crippen LogP contribution in [-0.2, 0) is 0 Å². The van der Waals surface area contributed by atoms with Crippen molar-refractivity contribution in [1.29, 1.82) is 0 Å². The van der Waals surface area contributed by atoms with Crippen LogP contribution in [0.5, 0.6) is 0 Å². The molecule has 0 bridgehead atoms. The average Bonchev–Trinajstić information content (AvgIpc) is 2.14. The third-order valence-electron chi connectivity index (χ3n) is 0.693. The first kappa shape index (κ1) is 4.92. The molecule has 0 amide bonds. The van der Waals surface area contributed by atoms with Gasteiger partial charge in [0.1, 0.15) is 0 Å². The molecule has 44 valence electrons. The lowest BCUT2D eigenvalue weighted by atomic mass is 10.6. The lowest BCUT2D eigenvalue weighted by Crippen LogP contribution is -2.04. The summed E-state index contributed by atoms with van der Waals surface area (Å²) in [7, 11) is 0. The van der Waals surface area contributed by atoms with Crippen LogP contribution in [0, 0.1) is 0 Å². The van der Waals surface area contributed by atoms with Crippen LogP contribution < -0.4 is 11.0 Å². The SMILES string of the molecule is O=c1[nH]occ1NO. The molecule has 1 rings (SSSR count). The second-order valence-electron chi connectivity index (χ2n) is 1.19. The fourth-order valence-electron chi connectivity index (χ4n) is 0.328. The molecule has 0 aromatic carbocycles. The largest absolute Gasteiger partial charge is 0.385 e. The second kappa shape index (κ2) is 1.71. The van der Waals surface area contributed by atoms with Gasteiger partial charge in [0.25, 0.3) is 0 Å². The number of rotatable bonds is 1. The Kier molecular flexibility index (Phi) is 1.05. The van der Waals surface area contributed by atoms with Gasteiger partial charge < -0.3 is 4.52 Å². The van der Waals surface area contributed by atoms with Crippen molar-refractivity contribution in [3.8, 4) is 0 Å². The number of hydrogen-bond acceptors (Lipinski definition) is 4. The molecule has 0 saturated heterocycles. The van der Waals surface area contributed by atoms with Gasteiger partial charge in [-0.2, -0.15) is 5.16 Å². The number of nitrogens with one attached hydrogen (secondary N) is 2. The Labute approximate surface area is 43.9 Å². The van der Waals surface area contributed by atoms with Crippen LogP contribution in [0.1, 0.15) is 0 Å². The van der Waals surface area contributed by atoms with E-state index in [2.05, 4.69) is 4.52 Å². The van der Waals surface area contributed by atoms with Crippen LogP contribution in [0.3, 0.4) is 0 Å². The van der Waals surface area contributed by atoms with E-state index >= 15 is 0 Å². The zero-order chi connectivity index (χ0) is 5.98. The molecule has 8 heavy (non-hydrogen) atoms. The molecule has 0 aliphatic rings. The first-order chi connectivity index (χ1) is 3.84. The maximum Gasteiger partial charge on any atom is 0.305 e. The summed E-state index contributed by atoms with van der Waals surface area (Å²) < 4.78 is 4.28. The first-order valence-electron chi connectivity index (χ1n) is 1.91. The molecular formula is C3H4N2O3. The zero-order valence-corrected chi connectivity index (χ0v) is 3.84. The molecule has 0 aliphatic heterocycles. The van der Waals surface area contributed by atoms with E-state index in [-0.39, 0.29) is 5.69 Å². The van der Waals surface area contributed by atoms with Gasteiger partial charge in [-0.25, -0.2) is 0 Å². The number of hydrogen-bond donors (Lipinski definition) is 3. The number of aromatic amines is 1. The quantitative estimate of drug-likeness (QED) is 0.443. The van der Waals surface area contributed by atoms with E-state index in [9.17, 15) is 4.79 Å². The van der Waals surface area contributed by atoms with Crippen LogP contribution in [0.25, 0.3) is 0 Å². The molecular weight excluding hydrogens is 112 g/mol. The third-order valence-corrected chi connectivity index (χ3v) is 0.693. The maximum absolute atomic E-state index is 10.3. The Morgan fingerprint density at radius 1 is 1.88 bits per heavy atom. The molecule has 1 heterocycles. The summed E-state index contributed by atoms with van der Waals surface area (Å²) in [6.45, 7) is 0. The van der Waals surface area contributed by atoms with Gasteiger partial charge in [-0.1, -0.05) is 0 Å². The molecule has 0 aliphatic carbocycles. The average molecular weight is 116 g/mol. The molecule has 0 atom stereocenters. The summed E-state index contributed by atoms with van der Waals surface area (Å²) in [6.07, 6.45) is 1.07. The minimum Gasteiger partial charge on any atom is -0.385 e. The van der Waals surface area contributed by atoms with Gasteiger partial charge in [0.05, 0.1) is 0 Å². The van der Waals surface area contributed by atoms with Crippen LogP contribution in [0.4, 0.5) is 5.69 Å². The van der Waals surface area contributed by atoms with E-state index in [1.54, 1.807) is 5.48 Å². The number of anilines is 1. The smallest absolute Gasteiger partial charge is 0.305 e. The fourth-order valence-corrected chi connectivity index (χ4v) is 0.328. The Morgan fingerprint density at radius 3 is 2.88 bits per heavy atom. The summed E-state index contributed by atoms with van der Waals surface area (Å²) in [5, 5.41) is 10.0. The minimum absolute atomic E-state index is 0.00463. The molecule has 0 fully saturated rings. The molecule has 5 nitrogen and oxygen atoms in total. The van der Waals surface area contributed by atoms with E-state index < -0.39 is 5.56 Å². The predicted octanol–water partition coefficient (Wildman–Crippen LogP) is -0.231. The Hall–Kier alpha value is -1.23. The topological polar surface area (TPSA) is 78.3 Å². The zero-order valence-electron chi connectivity index (χ0n) is 3.84. The van der Waals surface area contributed by atoms with E-state index in [4.69, 9.17) is 5.21 Å². The second-order valence-corrected chi connectivity index (χ2v) is 1.19. The normalized spacial score (nSPS) is 9.12. The number of H-pyrrole nitrogens is 1. The summed E-state index contributed by atoms with van der Waals surface area (Å²) in [5.41, 5.74) is 1.16. The summed E-state index contributed by atoms with van der Waals surface area (Å²) >= 11 is 0. The Balaban J connectivity index is 3.11. The summed E-state index contributed by atoms with van der Waals surface area (Å²) in [5.74, 6) is 0. The van der Waals surface area contributed by atoms with Gasteiger partial charge in [0.15, 0.2) is 12.0 Å². The van der Waals surface area contributed by atoms with Crippen molar-refractivity contribution in [2.24, 2.45) is 0 Å². The third kappa shape index (κ3) is 0.584. The van der Waals surface area contributed by atoms with Crippen molar-refractivity contribution in [3.63, 3.8) is 0 Å². The van der Waals surface area contributed by atoms with Crippen LogP contribution in [0.2, 0.25) is 0 Å². The Morgan fingerprint density at radius 2 is 2.62 bits per heavy atom. The Bertz CT molecular complexity index is 212. The van der Waals surface area contributed by atoms with Crippen LogP contribution in [0.15, 0.2) is 15.6 Å². The van der Waals surface area contributed by atoms with Gasteiger partial charge in [-0.15, -0.1) is 0 Å². The maximum atomic E-state index is 10.3. The molecule has 0 spiro atoms. The van der Waals surface area contributed by atoms with E-state index in [1.165, 1.54) is 0 Å². The van der Waals surface area contributed by atoms with Crippen molar-refractivity contribution in [1.82, 2.24) is 5.16 Å². The lowest BCUT2D eigenvalue weighted by molar-refractivity contribution is 0.385.